The molecule has 2 nitrogen and oxygen atoms in total. The average molecular weight is 339 g/mol. The quantitative estimate of drug-likeness (QED) is 0.879. The first-order valence-electron chi connectivity index (χ1n) is 5.89. The minimum atomic E-state index is -0.108. The van der Waals surface area contributed by atoms with Gasteiger partial charge < -0.3 is 10.1 Å². The van der Waals surface area contributed by atoms with Crippen molar-refractivity contribution in [1.82, 2.24) is 5.32 Å². The zero-order chi connectivity index (χ0) is 12.5. The summed E-state index contributed by atoms with van der Waals surface area (Å²) in [7, 11) is 0. The summed E-state index contributed by atoms with van der Waals surface area (Å²) in [6.45, 7) is 6.10. The van der Waals surface area contributed by atoms with Gasteiger partial charge in [-0.15, -0.1) is 11.3 Å². The Kier molecular flexibility index (Phi) is 4.53. The van der Waals surface area contributed by atoms with Crippen LogP contribution < -0.4 is 5.32 Å². The van der Waals surface area contributed by atoms with Crippen LogP contribution in [-0.2, 0) is 4.74 Å². The van der Waals surface area contributed by atoms with Crippen LogP contribution in [0, 0.1) is 0 Å². The van der Waals surface area contributed by atoms with Gasteiger partial charge in [-0.25, -0.2) is 0 Å². The highest BCUT2D eigenvalue weighted by Gasteiger charge is 2.39. The van der Waals surface area contributed by atoms with E-state index in [0.717, 1.165) is 34.8 Å². The molecule has 0 radical (unpaired) electrons. The molecule has 17 heavy (non-hydrogen) atoms. The van der Waals surface area contributed by atoms with Crippen molar-refractivity contribution in [2.45, 2.75) is 38.3 Å². The van der Waals surface area contributed by atoms with Crippen LogP contribution in [0.25, 0.3) is 0 Å². The number of likely N-dealkylation sites (N-methyl/N-ethyl adjacent to an activating group) is 1. The molecule has 0 bridgehead atoms. The second-order valence-electron chi connectivity index (χ2n) is 4.53. The molecule has 5 heteroatoms. The van der Waals surface area contributed by atoms with Crippen molar-refractivity contribution in [3.8, 4) is 0 Å². The molecule has 2 heterocycles. The maximum absolute atomic E-state index is 6.13. The van der Waals surface area contributed by atoms with Gasteiger partial charge in [0.2, 0.25) is 0 Å². The fourth-order valence-electron chi connectivity index (χ4n) is 2.36. The Morgan fingerprint density at radius 3 is 2.94 bits per heavy atom. The maximum atomic E-state index is 6.13. The van der Waals surface area contributed by atoms with Crippen LogP contribution in [0.4, 0.5) is 0 Å². The van der Waals surface area contributed by atoms with Gasteiger partial charge in [0.25, 0.3) is 0 Å². The van der Waals surface area contributed by atoms with Gasteiger partial charge in [-0.05, 0) is 48.3 Å². The van der Waals surface area contributed by atoms with Crippen molar-refractivity contribution in [3.63, 3.8) is 0 Å². The SMILES string of the molecule is CCNC(c1cc(Br)c(Cl)s1)C1(C)CCCO1. The minimum Gasteiger partial charge on any atom is -0.373 e. The van der Waals surface area contributed by atoms with Crippen LogP contribution in [-0.4, -0.2) is 18.8 Å². The zero-order valence-electron chi connectivity index (χ0n) is 10.1. The van der Waals surface area contributed by atoms with Gasteiger partial charge in [-0.1, -0.05) is 18.5 Å². The summed E-state index contributed by atoms with van der Waals surface area (Å²) in [4.78, 5) is 1.24. The van der Waals surface area contributed by atoms with Gasteiger partial charge >= 0.3 is 0 Å². The molecule has 1 aromatic rings. The number of ether oxygens (including phenoxy) is 1. The Hall–Kier alpha value is 0.390. The van der Waals surface area contributed by atoms with Crippen LogP contribution in [0.5, 0.6) is 0 Å². The third kappa shape index (κ3) is 2.87. The van der Waals surface area contributed by atoms with Crippen molar-refractivity contribution < 1.29 is 4.74 Å². The average Bonchev–Trinajstić information content (AvgIpc) is 2.84. The fourth-order valence-corrected chi connectivity index (χ4v) is 4.31. The van der Waals surface area contributed by atoms with Gasteiger partial charge in [-0.2, -0.15) is 0 Å². The minimum absolute atomic E-state index is 0.108. The Morgan fingerprint density at radius 2 is 2.47 bits per heavy atom. The topological polar surface area (TPSA) is 21.3 Å². The monoisotopic (exact) mass is 337 g/mol. The van der Waals surface area contributed by atoms with E-state index in [2.05, 4.69) is 41.2 Å². The van der Waals surface area contributed by atoms with Crippen LogP contribution in [0.1, 0.15) is 37.6 Å². The van der Waals surface area contributed by atoms with E-state index in [-0.39, 0.29) is 11.6 Å². The summed E-state index contributed by atoms with van der Waals surface area (Å²) < 4.78 is 7.73. The maximum Gasteiger partial charge on any atom is 0.107 e. The third-order valence-electron chi connectivity index (χ3n) is 3.22. The molecule has 1 aliphatic rings. The van der Waals surface area contributed by atoms with E-state index in [1.54, 1.807) is 11.3 Å². The summed E-state index contributed by atoms with van der Waals surface area (Å²) in [5, 5.41) is 3.53. The van der Waals surface area contributed by atoms with Gasteiger partial charge in [-0.3, -0.25) is 0 Å². The summed E-state index contributed by atoms with van der Waals surface area (Å²) >= 11 is 11.2. The highest BCUT2D eigenvalue weighted by Crippen LogP contribution is 2.43. The standard InChI is InChI=1S/C12H17BrClNOS/c1-3-15-10(12(2)5-4-6-16-12)9-7-8(13)11(14)17-9/h7,10,15H,3-6H2,1-2H3. The van der Waals surface area contributed by atoms with Gasteiger partial charge in [0.05, 0.1) is 11.6 Å². The van der Waals surface area contributed by atoms with E-state index in [0.29, 0.717) is 0 Å². The molecule has 1 fully saturated rings. The number of hydrogen-bond acceptors (Lipinski definition) is 3. The lowest BCUT2D eigenvalue weighted by Gasteiger charge is -2.33. The summed E-state index contributed by atoms with van der Waals surface area (Å²) in [6, 6.07) is 2.33. The fraction of sp³-hybridized carbons (Fsp3) is 0.667. The van der Waals surface area contributed by atoms with Crippen molar-refractivity contribution in [3.05, 3.63) is 19.8 Å². The van der Waals surface area contributed by atoms with E-state index in [1.807, 2.05) is 0 Å². The zero-order valence-corrected chi connectivity index (χ0v) is 13.2. The molecular weight excluding hydrogens is 322 g/mol. The first-order chi connectivity index (χ1) is 8.07. The molecule has 0 spiro atoms. The lowest BCUT2D eigenvalue weighted by molar-refractivity contribution is -0.0111. The van der Waals surface area contributed by atoms with Crippen LogP contribution in [0.3, 0.4) is 0 Å². The Labute approximate surface area is 120 Å². The van der Waals surface area contributed by atoms with Crippen molar-refractivity contribution in [2.75, 3.05) is 13.2 Å². The van der Waals surface area contributed by atoms with Crippen LogP contribution in [0.15, 0.2) is 10.5 Å². The van der Waals surface area contributed by atoms with Crippen LogP contribution in [0.2, 0.25) is 4.34 Å². The number of halogens is 2. The highest BCUT2D eigenvalue weighted by atomic mass is 79.9. The van der Waals surface area contributed by atoms with Crippen LogP contribution >= 0.6 is 38.9 Å². The molecule has 1 aliphatic heterocycles. The van der Waals surface area contributed by atoms with Gasteiger partial charge in [0.1, 0.15) is 4.34 Å². The first-order valence-corrected chi connectivity index (χ1v) is 7.87. The lowest BCUT2D eigenvalue weighted by atomic mass is 9.92. The normalized spacial score (nSPS) is 26.4. The smallest absolute Gasteiger partial charge is 0.107 e. The third-order valence-corrected chi connectivity index (χ3v) is 5.76. The summed E-state index contributed by atoms with van der Waals surface area (Å²) in [5.74, 6) is 0. The number of rotatable bonds is 4. The molecule has 1 aromatic heterocycles. The second-order valence-corrected chi connectivity index (χ2v) is 7.07. The Morgan fingerprint density at radius 1 is 1.71 bits per heavy atom. The highest BCUT2D eigenvalue weighted by molar-refractivity contribution is 9.10. The van der Waals surface area contributed by atoms with E-state index in [1.165, 1.54) is 4.88 Å². The summed E-state index contributed by atoms with van der Waals surface area (Å²) in [6.07, 6.45) is 2.23. The Bertz CT molecular complexity index is 370. The van der Waals surface area contributed by atoms with E-state index >= 15 is 0 Å². The van der Waals surface area contributed by atoms with Gasteiger partial charge in [0, 0.05) is 16.0 Å². The van der Waals surface area contributed by atoms with Gasteiger partial charge in [0.15, 0.2) is 0 Å². The molecule has 2 rings (SSSR count). The van der Waals surface area contributed by atoms with E-state index in [9.17, 15) is 0 Å². The molecule has 96 valence electrons. The lowest BCUT2D eigenvalue weighted by Crippen LogP contribution is -2.40. The van der Waals surface area contributed by atoms with Crippen molar-refractivity contribution in [2.24, 2.45) is 0 Å². The molecule has 2 atom stereocenters. The second kappa shape index (κ2) is 5.57. The van der Waals surface area contributed by atoms with Crippen molar-refractivity contribution >= 4 is 38.9 Å². The molecular formula is C12H17BrClNOS. The molecule has 0 amide bonds. The van der Waals surface area contributed by atoms with E-state index in [4.69, 9.17) is 16.3 Å². The number of thiophene rings is 1. The summed E-state index contributed by atoms with van der Waals surface area (Å²) in [5.41, 5.74) is -0.108. The van der Waals surface area contributed by atoms with E-state index < -0.39 is 0 Å². The molecule has 1 saturated heterocycles. The Balaban J connectivity index is 2.28. The largest absolute Gasteiger partial charge is 0.373 e. The first kappa shape index (κ1) is 13.8. The molecule has 0 saturated carbocycles. The molecule has 1 N–H and O–H groups in total. The predicted octanol–water partition coefficient (Wildman–Crippen LogP) is 4.38. The number of nitrogens with one attached hydrogen (secondary N) is 1. The predicted molar refractivity (Wildman–Crippen MR) is 77.0 cm³/mol. The molecule has 0 aromatic carbocycles. The molecule has 0 aliphatic carbocycles. The van der Waals surface area contributed by atoms with Crippen molar-refractivity contribution in [1.29, 1.82) is 0 Å². The number of hydrogen-bond donors (Lipinski definition) is 1. The molecule has 2 unspecified atom stereocenters.